The van der Waals surface area contributed by atoms with Gasteiger partial charge < -0.3 is 13.9 Å². The SMILES string of the molecule is Cc1c(C#N)cnc2c1CCC2Oc1ccc2c(c1)c(-c1cnco1)nn2COCC[Si](C)(C)C. The first kappa shape index (κ1) is 23.3. The Balaban J connectivity index is 1.42. The van der Waals surface area contributed by atoms with Crippen molar-refractivity contribution in [1.29, 1.82) is 5.26 Å². The van der Waals surface area contributed by atoms with E-state index in [9.17, 15) is 5.26 Å². The minimum atomic E-state index is -1.16. The van der Waals surface area contributed by atoms with E-state index < -0.39 is 8.07 Å². The summed E-state index contributed by atoms with van der Waals surface area (Å²) in [5.74, 6) is 1.33. The number of hydrogen-bond acceptors (Lipinski definition) is 7. The summed E-state index contributed by atoms with van der Waals surface area (Å²) < 4.78 is 19.8. The predicted molar refractivity (Wildman–Crippen MR) is 135 cm³/mol. The largest absolute Gasteiger partial charge is 0.484 e. The zero-order chi connectivity index (χ0) is 24.6. The third-order valence-corrected chi connectivity index (χ3v) is 8.16. The zero-order valence-electron chi connectivity index (χ0n) is 20.5. The Bertz CT molecular complexity index is 1400. The summed E-state index contributed by atoms with van der Waals surface area (Å²) in [5.41, 5.74) is 5.32. The fourth-order valence-electron chi connectivity index (χ4n) is 4.43. The van der Waals surface area contributed by atoms with Crippen LogP contribution < -0.4 is 4.74 Å². The Labute approximate surface area is 205 Å². The van der Waals surface area contributed by atoms with Gasteiger partial charge in [0, 0.05) is 26.3 Å². The van der Waals surface area contributed by atoms with Gasteiger partial charge in [-0.1, -0.05) is 19.6 Å². The molecule has 0 N–H and O–H groups in total. The highest BCUT2D eigenvalue weighted by Gasteiger charge is 2.28. The first-order valence-electron chi connectivity index (χ1n) is 11.9. The Kier molecular flexibility index (Phi) is 6.17. The number of aromatic nitrogens is 4. The lowest BCUT2D eigenvalue weighted by molar-refractivity contribution is 0.0818. The molecule has 9 heteroatoms. The molecule has 1 aliphatic carbocycles. The lowest BCUT2D eigenvalue weighted by atomic mass is 10.0. The third kappa shape index (κ3) is 4.72. The van der Waals surface area contributed by atoms with E-state index >= 15 is 0 Å². The fourth-order valence-corrected chi connectivity index (χ4v) is 5.19. The molecule has 5 rings (SSSR count). The monoisotopic (exact) mass is 487 g/mol. The molecule has 4 aromatic rings. The maximum atomic E-state index is 9.31. The van der Waals surface area contributed by atoms with Crippen LogP contribution in [0, 0.1) is 18.3 Å². The molecule has 0 spiro atoms. The second-order valence-corrected chi connectivity index (χ2v) is 15.8. The van der Waals surface area contributed by atoms with Crippen molar-refractivity contribution in [3.63, 3.8) is 0 Å². The van der Waals surface area contributed by atoms with Gasteiger partial charge in [-0.25, -0.2) is 9.67 Å². The van der Waals surface area contributed by atoms with Crippen molar-refractivity contribution >= 4 is 19.0 Å². The Hall–Kier alpha value is -3.48. The van der Waals surface area contributed by atoms with Gasteiger partial charge in [-0.2, -0.15) is 10.4 Å². The van der Waals surface area contributed by atoms with E-state index in [2.05, 4.69) is 35.7 Å². The third-order valence-electron chi connectivity index (χ3n) is 6.46. The summed E-state index contributed by atoms with van der Waals surface area (Å²) in [6.45, 7) is 10.1. The number of nitriles is 1. The Morgan fingerprint density at radius 3 is 2.86 bits per heavy atom. The molecule has 0 radical (unpaired) electrons. The molecule has 0 aliphatic heterocycles. The van der Waals surface area contributed by atoms with E-state index in [-0.39, 0.29) is 6.10 Å². The molecule has 1 aromatic carbocycles. The average Bonchev–Trinajstić information content (AvgIpc) is 3.56. The van der Waals surface area contributed by atoms with Gasteiger partial charge in [-0.3, -0.25) is 4.98 Å². The number of nitrogens with zero attached hydrogens (tertiary/aromatic N) is 5. The van der Waals surface area contributed by atoms with Crippen LogP contribution in [0.5, 0.6) is 5.75 Å². The summed E-state index contributed by atoms with van der Waals surface area (Å²) >= 11 is 0. The molecule has 8 nitrogen and oxygen atoms in total. The van der Waals surface area contributed by atoms with Gasteiger partial charge in [0.05, 0.1) is 23.0 Å². The van der Waals surface area contributed by atoms with Crippen molar-refractivity contribution in [1.82, 2.24) is 19.7 Å². The number of benzene rings is 1. The van der Waals surface area contributed by atoms with Crippen molar-refractivity contribution in [3.05, 3.63) is 59.4 Å². The highest BCUT2D eigenvalue weighted by molar-refractivity contribution is 6.76. The van der Waals surface area contributed by atoms with E-state index in [0.29, 0.717) is 23.7 Å². The lowest BCUT2D eigenvalue weighted by Gasteiger charge is -2.16. The van der Waals surface area contributed by atoms with Gasteiger partial charge in [0.1, 0.15) is 30.3 Å². The van der Waals surface area contributed by atoms with E-state index in [1.807, 2.05) is 29.8 Å². The molecule has 35 heavy (non-hydrogen) atoms. The van der Waals surface area contributed by atoms with Gasteiger partial charge in [-0.05, 0) is 55.1 Å². The first-order valence-corrected chi connectivity index (χ1v) is 15.6. The Morgan fingerprint density at radius 2 is 2.11 bits per heavy atom. The Morgan fingerprint density at radius 1 is 1.26 bits per heavy atom. The highest BCUT2D eigenvalue weighted by Crippen LogP contribution is 2.38. The van der Waals surface area contributed by atoms with Gasteiger partial charge >= 0.3 is 0 Å². The molecule has 1 atom stereocenters. The van der Waals surface area contributed by atoms with Crippen LogP contribution >= 0.6 is 0 Å². The zero-order valence-corrected chi connectivity index (χ0v) is 21.5. The maximum Gasteiger partial charge on any atom is 0.181 e. The van der Waals surface area contributed by atoms with Crippen molar-refractivity contribution < 1.29 is 13.9 Å². The normalized spacial score (nSPS) is 15.3. The van der Waals surface area contributed by atoms with Gasteiger partial charge in [0.15, 0.2) is 12.2 Å². The number of fused-ring (bicyclic) bond motifs is 2. The van der Waals surface area contributed by atoms with Crippen LogP contribution in [-0.4, -0.2) is 34.4 Å². The maximum absolute atomic E-state index is 9.31. The second-order valence-electron chi connectivity index (χ2n) is 10.2. The smallest absolute Gasteiger partial charge is 0.181 e. The summed E-state index contributed by atoms with van der Waals surface area (Å²) in [4.78, 5) is 8.62. The summed E-state index contributed by atoms with van der Waals surface area (Å²) in [6, 6.07) is 9.28. The summed E-state index contributed by atoms with van der Waals surface area (Å²) in [5, 5.41) is 15.0. The van der Waals surface area contributed by atoms with E-state index in [1.165, 1.54) is 6.39 Å². The molecule has 180 valence electrons. The second kappa shape index (κ2) is 9.28. The summed E-state index contributed by atoms with van der Waals surface area (Å²) in [6.07, 6.45) is 6.25. The van der Waals surface area contributed by atoms with Crippen LogP contribution in [0.3, 0.4) is 0 Å². The van der Waals surface area contributed by atoms with Gasteiger partial charge in [0.2, 0.25) is 0 Å². The minimum absolute atomic E-state index is 0.150. The van der Waals surface area contributed by atoms with Crippen molar-refractivity contribution in [2.45, 2.75) is 58.3 Å². The number of hydrogen-bond donors (Lipinski definition) is 0. The molecular formula is C26H29N5O3Si. The van der Waals surface area contributed by atoms with Crippen molar-refractivity contribution in [2.24, 2.45) is 0 Å². The van der Waals surface area contributed by atoms with E-state index in [4.69, 9.17) is 19.0 Å². The molecular weight excluding hydrogens is 458 g/mol. The van der Waals surface area contributed by atoms with Gasteiger partial charge in [-0.15, -0.1) is 0 Å². The number of pyridine rings is 1. The molecule has 0 amide bonds. The number of rotatable bonds is 8. The molecule has 1 aliphatic rings. The summed E-state index contributed by atoms with van der Waals surface area (Å²) in [7, 11) is -1.16. The number of oxazole rings is 1. The van der Waals surface area contributed by atoms with Crippen LogP contribution in [0.15, 0.2) is 41.4 Å². The van der Waals surface area contributed by atoms with Crippen LogP contribution in [-0.2, 0) is 17.9 Å². The van der Waals surface area contributed by atoms with Crippen LogP contribution in [0.4, 0.5) is 0 Å². The van der Waals surface area contributed by atoms with Crippen molar-refractivity contribution in [2.75, 3.05) is 6.61 Å². The topological polar surface area (TPSA) is 99.0 Å². The lowest BCUT2D eigenvalue weighted by Crippen LogP contribution is -2.22. The van der Waals surface area contributed by atoms with Crippen LogP contribution in [0.2, 0.25) is 25.7 Å². The quantitative estimate of drug-likeness (QED) is 0.234. The molecule has 3 aromatic heterocycles. The number of ether oxygens (including phenoxy) is 2. The molecule has 3 heterocycles. The minimum Gasteiger partial charge on any atom is -0.484 e. The van der Waals surface area contributed by atoms with Gasteiger partial charge in [0.25, 0.3) is 0 Å². The molecule has 0 bridgehead atoms. The first-order chi connectivity index (χ1) is 16.8. The highest BCUT2D eigenvalue weighted by atomic mass is 28.3. The van der Waals surface area contributed by atoms with Crippen LogP contribution in [0.25, 0.3) is 22.4 Å². The predicted octanol–water partition coefficient (Wildman–Crippen LogP) is 5.65. The van der Waals surface area contributed by atoms with Crippen LogP contribution in [0.1, 0.15) is 34.9 Å². The molecule has 0 saturated carbocycles. The molecule has 0 saturated heterocycles. The average molecular weight is 488 g/mol. The fraction of sp³-hybridized carbons (Fsp3) is 0.385. The van der Waals surface area contributed by atoms with E-state index in [1.54, 1.807) is 12.4 Å². The van der Waals surface area contributed by atoms with Crippen molar-refractivity contribution in [3.8, 4) is 23.3 Å². The molecule has 0 fully saturated rings. The molecule has 1 unspecified atom stereocenters. The standard InChI is InChI=1S/C26H29N5O3Si/c1-17-18(12-27)13-29-25-20(17)6-8-23(25)34-19-5-7-22-21(11-19)26(24-14-28-15-33-24)30-31(22)16-32-9-10-35(2,3)4/h5,7,11,13-15,23H,6,8-10,16H2,1-4H3. The van der Waals surface area contributed by atoms with E-state index in [0.717, 1.165) is 59.0 Å².